The number of H-pyrrole nitrogens is 1. The van der Waals surface area contributed by atoms with E-state index in [0.717, 1.165) is 45.1 Å². The van der Waals surface area contributed by atoms with Gasteiger partial charge in [0.05, 0.1) is 12.2 Å². The molecule has 1 saturated carbocycles. The fourth-order valence-electron chi connectivity index (χ4n) is 4.28. The molecule has 1 aliphatic rings. The van der Waals surface area contributed by atoms with Crippen LogP contribution in [0.5, 0.6) is 0 Å². The molecule has 33 heavy (non-hydrogen) atoms. The third kappa shape index (κ3) is 4.31. The van der Waals surface area contributed by atoms with E-state index < -0.39 is 0 Å². The first-order chi connectivity index (χ1) is 15.7. The van der Waals surface area contributed by atoms with Crippen LogP contribution in [0, 0.1) is 13.8 Å². The molecule has 1 aromatic carbocycles. The number of fused-ring (bicyclic) bond motifs is 1. The molecule has 5 aromatic rings. The Morgan fingerprint density at radius 1 is 1.03 bits per heavy atom. The van der Waals surface area contributed by atoms with Crippen LogP contribution in [0.15, 0.2) is 48.7 Å². The average Bonchev–Trinajstić information content (AvgIpc) is 3.37. The molecule has 9 heteroatoms. The van der Waals surface area contributed by atoms with E-state index in [1.807, 2.05) is 37.4 Å². The Morgan fingerprint density at radius 3 is 2.55 bits per heavy atom. The van der Waals surface area contributed by atoms with Crippen LogP contribution >= 0.6 is 0 Å². The Labute approximate surface area is 233 Å². The van der Waals surface area contributed by atoms with Gasteiger partial charge in [-0.05, 0) is 60.4 Å². The van der Waals surface area contributed by atoms with Gasteiger partial charge in [-0.15, -0.1) is 5.10 Å². The summed E-state index contributed by atoms with van der Waals surface area (Å²) < 4.78 is 2.28. The minimum atomic E-state index is 0. The van der Waals surface area contributed by atoms with Gasteiger partial charge >= 0.3 is 51.4 Å². The Bertz CT molecular complexity index is 1420. The number of aromatic amines is 1. The van der Waals surface area contributed by atoms with E-state index in [1.54, 1.807) is 0 Å². The molecule has 4 aromatic heterocycles. The van der Waals surface area contributed by atoms with E-state index in [2.05, 4.69) is 50.3 Å². The zero-order valence-corrected chi connectivity index (χ0v) is 17.9. The molecule has 0 unspecified atom stereocenters. The number of aromatic nitrogens is 8. The normalized spacial score (nSPS) is 13.3. The summed E-state index contributed by atoms with van der Waals surface area (Å²) in [6.45, 7) is 4.86. The van der Waals surface area contributed by atoms with Crippen molar-refractivity contribution < 1.29 is 0 Å². The maximum absolute atomic E-state index is 4.97. The van der Waals surface area contributed by atoms with Crippen LogP contribution in [0.4, 0.5) is 0 Å². The second kappa shape index (κ2) is 9.15. The van der Waals surface area contributed by atoms with Crippen molar-refractivity contribution in [1.29, 1.82) is 0 Å². The molecule has 0 radical (unpaired) electrons. The summed E-state index contributed by atoms with van der Waals surface area (Å²) in [5, 5.41) is 14.3. The van der Waals surface area contributed by atoms with Crippen LogP contribution < -0.4 is 0 Å². The van der Waals surface area contributed by atoms with Gasteiger partial charge in [-0.3, -0.25) is 4.98 Å². The van der Waals surface area contributed by atoms with Crippen molar-refractivity contribution in [2.24, 2.45) is 0 Å². The van der Waals surface area contributed by atoms with Crippen molar-refractivity contribution in [3.63, 3.8) is 0 Å². The van der Waals surface area contributed by atoms with Crippen molar-refractivity contribution in [3.8, 4) is 22.6 Å². The van der Waals surface area contributed by atoms with E-state index in [1.165, 1.54) is 18.4 Å². The summed E-state index contributed by atoms with van der Waals surface area (Å²) in [5.41, 5.74) is 8.08. The fraction of sp³-hybridized carbons (Fsp3) is 0.250. The van der Waals surface area contributed by atoms with Crippen LogP contribution in [0.3, 0.4) is 0 Å². The van der Waals surface area contributed by atoms with Gasteiger partial charge in [0.25, 0.3) is 0 Å². The molecule has 0 spiro atoms. The predicted octanol–water partition coefficient (Wildman–Crippen LogP) is 3.57. The van der Waals surface area contributed by atoms with Crippen LogP contribution in [0.2, 0.25) is 0 Å². The standard InChI is InChI=1S/C24H22N8.K.H/c1-14-11-15(2)26-24-21(14)27-23(17-8-9-17)32(24)13-16-7-10-20(25-12-16)18-5-3-4-6-19(18)22-28-30-31-29-22;;/h3-7,10-12,17H,8-9,13H2,1-2H3,(H,28,29,30,31);;. The summed E-state index contributed by atoms with van der Waals surface area (Å²) >= 11 is 0. The second-order valence-corrected chi connectivity index (χ2v) is 8.43. The first kappa shape index (κ1) is 22.5. The molecule has 1 N–H and O–H groups in total. The van der Waals surface area contributed by atoms with E-state index >= 15 is 0 Å². The van der Waals surface area contributed by atoms with E-state index in [4.69, 9.17) is 15.0 Å². The third-order valence-electron chi connectivity index (χ3n) is 5.96. The Balaban J connectivity index is 0.00000228. The van der Waals surface area contributed by atoms with Gasteiger partial charge in [-0.2, -0.15) is 0 Å². The van der Waals surface area contributed by atoms with Crippen molar-refractivity contribution in [2.75, 3.05) is 0 Å². The van der Waals surface area contributed by atoms with Crippen molar-refractivity contribution in [2.45, 2.75) is 39.2 Å². The van der Waals surface area contributed by atoms with Gasteiger partial charge in [0.15, 0.2) is 11.5 Å². The van der Waals surface area contributed by atoms with Crippen molar-refractivity contribution >= 4 is 62.5 Å². The number of pyridine rings is 2. The average molecular weight is 463 g/mol. The number of hydrogen-bond acceptors (Lipinski definition) is 6. The van der Waals surface area contributed by atoms with Crippen LogP contribution in [-0.2, 0) is 6.54 Å². The molecular weight excluding hydrogens is 439 g/mol. The van der Waals surface area contributed by atoms with Gasteiger partial charge in [0.2, 0.25) is 0 Å². The molecule has 0 bridgehead atoms. The zero-order chi connectivity index (χ0) is 21.7. The van der Waals surface area contributed by atoms with Crippen LogP contribution in [-0.4, -0.2) is 91.5 Å². The Kier molecular flexibility index (Phi) is 6.24. The van der Waals surface area contributed by atoms with Crippen molar-refractivity contribution in [1.82, 2.24) is 40.1 Å². The summed E-state index contributed by atoms with van der Waals surface area (Å²) in [5.74, 6) is 2.31. The van der Waals surface area contributed by atoms with Gasteiger partial charge in [0.1, 0.15) is 11.3 Å². The van der Waals surface area contributed by atoms with Gasteiger partial charge in [-0.25, -0.2) is 15.1 Å². The monoisotopic (exact) mass is 462 g/mol. The number of tetrazole rings is 1. The first-order valence-corrected chi connectivity index (χ1v) is 10.8. The summed E-state index contributed by atoms with van der Waals surface area (Å²) in [6, 6.07) is 14.3. The molecule has 1 aliphatic carbocycles. The number of nitrogens with one attached hydrogen (secondary N) is 1. The number of imidazole rings is 1. The van der Waals surface area contributed by atoms with Crippen LogP contribution in [0.1, 0.15) is 41.4 Å². The Hall–Kier alpha value is -2.30. The SMILES string of the molecule is Cc1cc(C)c2nc(C3CC3)n(Cc3ccc(-c4ccccc4-c4nnn[nH]4)nc3)c2n1.[KH]. The Morgan fingerprint density at radius 2 is 1.85 bits per heavy atom. The third-order valence-corrected chi connectivity index (χ3v) is 5.96. The summed E-state index contributed by atoms with van der Waals surface area (Å²) in [6.07, 6.45) is 4.34. The fourth-order valence-corrected chi connectivity index (χ4v) is 4.28. The number of benzene rings is 1. The van der Waals surface area contributed by atoms with E-state index in [-0.39, 0.29) is 51.4 Å². The van der Waals surface area contributed by atoms with E-state index in [0.29, 0.717) is 18.3 Å². The first-order valence-electron chi connectivity index (χ1n) is 10.8. The molecule has 0 amide bonds. The molecule has 8 nitrogen and oxygen atoms in total. The second-order valence-electron chi connectivity index (χ2n) is 8.43. The molecule has 0 saturated heterocycles. The summed E-state index contributed by atoms with van der Waals surface area (Å²) in [7, 11) is 0. The number of nitrogens with zero attached hydrogens (tertiary/aromatic N) is 7. The predicted molar refractivity (Wildman–Crippen MR) is 128 cm³/mol. The molecule has 1 fully saturated rings. The molecule has 0 aliphatic heterocycles. The zero-order valence-electron chi connectivity index (χ0n) is 17.9. The molecular formula is C24H23KN8. The van der Waals surface area contributed by atoms with Gasteiger partial charge < -0.3 is 4.57 Å². The molecule has 6 rings (SSSR count). The van der Waals surface area contributed by atoms with Crippen LogP contribution in [0.25, 0.3) is 33.8 Å². The van der Waals surface area contributed by atoms with Crippen molar-refractivity contribution in [3.05, 3.63) is 71.3 Å². The van der Waals surface area contributed by atoms with Gasteiger partial charge in [0, 0.05) is 28.9 Å². The summed E-state index contributed by atoms with van der Waals surface area (Å²) in [4.78, 5) is 14.6. The number of rotatable bonds is 5. The topological polar surface area (TPSA) is 98.1 Å². The van der Waals surface area contributed by atoms with E-state index in [9.17, 15) is 0 Å². The molecule has 160 valence electrons. The number of aryl methyl sites for hydroxylation is 2. The minimum absolute atomic E-state index is 0. The number of hydrogen-bond donors (Lipinski definition) is 1. The molecule has 4 heterocycles. The quantitative estimate of drug-likeness (QED) is 0.401. The maximum atomic E-state index is 4.97. The van der Waals surface area contributed by atoms with Gasteiger partial charge in [-0.1, -0.05) is 30.3 Å². The molecule has 0 atom stereocenters.